The number of ketones is 1. The first-order valence-electron chi connectivity index (χ1n) is 7.86. The molecular formula is C18H27NO. The van der Waals surface area contributed by atoms with Crippen molar-refractivity contribution in [3.05, 3.63) is 35.4 Å². The Morgan fingerprint density at radius 3 is 2.35 bits per heavy atom. The minimum Gasteiger partial charge on any atom is -0.303 e. The fraction of sp³-hybridized carbons (Fsp3) is 0.611. The number of hydrogen-bond donors (Lipinski definition) is 0. The lowest BCUT2D eigenvalue weighted by atomic mass is 9.86. The summed E-state index contributed by atoms with van der Waals surface area (Å²) in [6.45, 7) is 5.27. The second-order valence-electron chi connectivity index (χ2n) is 6.43. The van der Waals surface area contributed by atoms with Gasteiger partial charge in [0, 0.05) is 24.6 Å². The molecule has 0 spiro atoms. The van der Waals surface area contributed by atoms with Gasteiger partial charge in [0.25, 0.3) is 0 Å². The molecule has 110 valence electrons. The van der Waals surface area contributed by atoms with Crippen molar-refractivity contribution in [1.29, 1.82) is 0 Å². The van der Waals surface area contributed by atoms with Gasteiger partial charge in [0.1, 0.15) is 0 Å². The highest BCUT2D eigenvalue weighted by molar-refractivity contribution is 5.96. The summed E-state index contributed by atoms with van der Waals surface area (Å²) in [5.41, 5.74) is 2.05. The van der Waals surface area contributed by atoms with Gasteiger partial charge in [-0.2, -0.15) is 0 Å². The SMILES string of the molecule is Cc1ccc(C(=O)CCN(C)C2CCC(C)CC2)cc1. The maximum Gasteiger partial charge on any atom is 0.164 e. The Morgan fingerprint density at radius 2 is 1.75 bits per heavy atom. The molecule has 0 saturated heterocycles. The van der Waals surface area contributed by atoms with Crippen molar-refractivity contribution in [1.82, 2.24) is 4.90 Å². The molecular weight excluding hydrogens is 246 g/mol. The van der Waals surface area contributed by atoms with Gasteiger partial charge in [0.05, 0.1) is 0 Å². The minimum absolute atomic E-state index is 0.265. The third-order valence-corrected chi connectivity index (χ3v) is 4.67. The molecule has 0 atom stereocenters. The average molecular weight is 273 g/mol. The summed E-state index contributed by atoms with van der Waals surface area (Å²) in [5, 5.41) is 0. The fourth-order valence-electron chi connectivity index (χ4n) is 3.03. The Kier molecular flexibility index (Phi) is 5.36. The molecule has 0 unspecified atom stereocenters. The first-order chi connectivity index (χ1) is 9.56. The van der Waals surface area contributed by atoms with E-state index in [0.717, 1.165) is 18.0 Å². The molecule has 1 aliphatic rings. The topological polar surface area (TPSA) is 20.3 Å². The number of carbonyl (C=O) groups is 1. The lowest BCUT2D eigenvalue weighted by Gasteiger charge is -2.33. The van der Waals surface area contributed by atoms with Gasteiger partial charge in [-0.25, -0.2) is 0 Å². The summed E-state index contributed by atoms with van der Waals surface area (Å²) in [7, 11) is 2.17. The minimum atomic E-state index is 0.265. The van der Waals surface area contributed by atoms with Crippen molar-refractivity contribution in [3.8, 4) is 0 Å². The Labute approximate surface area is 123 Å². The van der Waals surface area contributed by atoms with Gasteiger partial charge in [-0.15, -0.1) is 0 Å². The lowest BCUT2D eigenvalue weighted by Crippen LogP contribution is -2.36. The van der Waals surface area contributed by atoms with Crippen molar-refractivity contribution in [2.75, 3.05) is 13.6 Å². The number of nitrogens with zero attached hydrogens (tertiary/aromatic N) is 1. The van der Waals surface area contributed by atoms with Gasteiger partial charge in [0.2, 0.25) is 0 Å². The van der Waals surface area contributed by atoms with Crippen molar-refractivity contribution >= 4 is 5.78 Å². The lowest BCUT2D eigenvalue weighted by molar-refractivity contribution is 0.0947. The smallest absolute Gasteiger partial charge is 0.164 e. The predicted molar refractivity (Wildman–Crippen MR) is 84.2 cm³/mol. The largest absolute Gasteiger partial charge is 0.303 e. The summed E-state index contributed by atoms with van der Waals surface area (Å²) in [6, 6.07) is 8.59. The van der Waals surface area contributed by atoms with Crippen LogP contribution in [0.3, 0.4) is 0 Å². The quantitative estimate of drug-likeness (QED) is 0.753. The third kappa shape index (κ3) is 4.17. The van der Waals surface area contributed by atoms with Crippen LogP contribution in [0.5, 0.6) is 0 Å². The molecule has 0 aromatic heterocycles. The third-order valence-electron chi connectivity index (χ3n) is 4.67. The van der Waals surface area contributed by atoms with Crippen LogP contribution >= 0.6 is 0 Å². The zero-order valence-corrected chi connectivity index (χ0v) is 13.1. The number of Topliss-reactive ketones (excluding diaryl/α,β-unsaturated/α-hetero) is 1. The van der Waals surface area contributed by atoms with Crippen LogP contribution in [0.15, 0.2) is 24.3 Å². The standard InChI is InChI=1S/C18H27NO/c1-14-4-8-16(9-5-14)18(20)12-13-19(3)17-10-6-15(2)7-11-17/h4-5,8-9,15,17H,6-7,10-13H2,1-3H3. The number of aryl methyl sites for hydroxylation is 1. The molecule has 1 aliphatic carbocycles. The van der Waals surface area contributed by atoms with Crippen molar-refractivity contribution in [2.45, 2.75) is 52.0 Å². The van der Waals surface area contributed by atoms with E-state index in [2.05, 4.69) is 18.9 Å². The Balaban J connectivity index is 1.79. The van der Waals surface area contributed by atoms with Crippen LogP contribution < -0.4 is 0 Å². The van der Waals surface area contributed by atoms with E-state index in [9.17, 15) is 4.79 Å². The van der Waals surface area contributed by atoms with Crippen molar-refractivity contribution < 1.29 is 4.79 Å². The van der Waals surface area contributed by atoms with Gasteiger partial charge in [-0.1, -0.05) is 36.8 Å². The summed E-state index contributed by atoms with van der Waals surface area (Å²) in [4.78, 5) is 14.6. The number of hydrogen-bond acceptors (Lipinski definition) is 2. The molecule has 0 N–H and O–H groups in total. The van der Waals surface area contributed by atoms with E-state index < -0.39 is 0 Å². The van der Waals surface area contributed by atoms with E-state index in [1.165, 1.54) is 31.2 Å². The maximum absolute atomic E-state index is 12.2. The van der Waals surface area contributed by atoms with Crippen LogP contribution in [0, 0.1) is 12.8 Å². The van der Waals surface area contributed by atoms with E-state index in [-0.39, 0.29) is 5.78 Å². The predicted octanol–water partition coefficient (Wildman–Crippen LogP) is 4.08. The molecule has 2 heteroatoms. The Bertz CT molecular complexity index is 429. The second-order valence-corrected chi connectivity index (χ2v) is 6.43. The van der Waals surface area contributed by atoms with Crippen molar-refractivity contribution in [3.63, 3.8) is 0 Å². The molecule has 0 aliphatic heterocycles. The second kappa shape index (κ2) is 7.03. The van der Waals surface area contributed by atoms with Crippen LogP contribution in [0.2, 0.25) is 0 Å². The monoisotopic (exact) mass is 273 g/mol. The first kappa shape index (κ1) is 15.2. The van der Waals surface area contributed by atoms with Crippen LogP contribution in [0.1, 0.15) is 54.9 Å². The molecule has 1 saturated carbocycles. The van der Waals surface area contributed by atoms with E-state index in [1.54, 1.807) is 0 Å². The molecule has 0 bridgehead atoms. The van der Waals surface area contributed by atoms with Gasteiger partial charge >= 0.3 is 0 Å². The number of carbonyl (C=O) groups excluding carboxylic acids is 1. The Morgan fingerprint density at radius 1 is 1.15 bits per heavy atom. The van der Waals surface area contributed by atoms with E-state index in [0.29, 0.717) is 12.5 Å². The molecule has 20 heavy (non-hydrogen) atoms. The molecule has 1 aromatic rings. The zero-order chi connectivity index (χ0) is 14.5. The molecule has 0 radical (unpaired) electrons. The number of benzene rings is 1. The van der Waals surface area contributed by atoms with Gasteiger partial charge in [-0.05, 0) is 45.6 Å². The van der Waals surface area contributed by atoms with E-state index in [1.807, 2.05) is 31.2 Å². The molecule has 0 heterocycles. The number of rotatable bonds is 5. The van der Waals surface area contributed by atoms with E-state index >= 15 is 0 Å². The fourth-order valence-corrected chi connectivity index (χ4v) is 3.03. The van der Waals surface area contributed by atoms with Crippen molar-refractivity contribution in [2.24, 2.45) is 5.92 Å². The summed E-state index contributed by atoms with van der Waals surface area (Å²) < 4.78 is 0. The summed E-state index contributed by atoms with van der Waals surface area (Å²) in [5.74, 6) is 1.15. The molecule has 2 rings (SSSR count). The summed E-state index contributed by atoms with van der Waals surface area (Å²) in [6.07, 6.45) is 5.88. The van der Waals surface area contributed by atoms with Crippen LogP contribution in [0.25, 0.3) is 0 Å². The van der Waals surface area contributed by atoms with Crippen LogP contribution in [-0.4, -0.2) is 30.3 Å². The first-order valence-corrected chi connectivity index (χ1v) is 7.86. The van der Waals surface area contributed by atoms with Gasteiger partial charge < -0.3 is 4.90 Å². The molecule has 1 aromatic carbocycles. The highest BCUT2D eigenvalue weighted by atomic mass is 16.1. The highest BCUT2D eigenvalue weighted by Crippen LogP contribution is 2.26. The van der Waals surface area contributed by atoms with Crippen LogP contribution in [-0.2, 0) is 0 Å². The van der Waals surface area contributed by atoms with E-state index in [4.69, 9.17) is 0 Å². The van der Waals surface area contributed by atoms with Gasteiger partial charge in [-0.3, -0.25) is 4.79 Å². The van der Waals surface area contributed by atoms with Gasteiger partial charge in [0.15, 0.2) is 5.78 Å². The van der Waals surface area contributed by atoms with Crippen LogP contribution in [0.4, 0.5) is 0 Å². The molecule has 1 fully saturated rings. The highest BCUT2D eigenvalue weighted by Gasteiger charge is 2.21. The zero-order valence-electron chi connectivity index (χ0n) is 13.1. The maximum atomic E-state index is 12.2. The average Bonchev–Trinajstić information content (AvgIpc) is 2.46. The molecule has 2 nitrogen and oxygen atoms in total. The summed E-state index contributed by atoms with van der Waals surface area (Å²) >= 11 is 0. The normalized spacial score (nSPS) is 23.0. The molecule has 0 amide bonds. The Hall–Kier alpha value is -1.15.